The fourth-order valence-electron chi connectivity index (χ4n) is 5.04. The number of ether oxygens (including phenoxy) is 1. The second-order valence-corrected chi connectivity index (χ2v) is 9.61. The van der Waals surface area contributed by atoms with Crippen LogP contribution in [0.3, 0.4) is 0 Å². The zero-order valence-electron chi connectivity index (χ0n) is 22.0. The Morgan fingerprint density at radius 1 is 0.872 bits per heavy atom. The van der Waals surface area contributed by atoms with Crippen molar-refractivity contribution in [1.29, 1.82) is 0 Å². The lowest BCUT2D eigenvalue weighted by atomic mass is 9.99. The van der Waals surface area contributed by atoms with E-state index in [0.717, 1.165) is 47.6 Å². The fraction of sp³-hybridized carbons (Fsp3) is 0.212. The maximum Gasteiger partial charge on any atom is 0.327 e. The first-order valence-corrected chi connectivity index (χ1v) is 13.4. The number of hydrogen-bond acceptors (Lipinski definition) is 5. The second-order valence-electron chi connectivity index (χ2n) is 9.61. The van der Waals surface area contributed by atoms with Crippen molar-refractivity contribution < 1.29 is 14.3 Å². The molecule has 4 aromatic carbocycles. The van der Waals surface area contributed by atoms with Gasteiger partial charge in [0, 0.05) is 36.1 Å². The Morgan fingerprint density at radius 2 is 1.54 bits per heavy atom. The molecule has 2 atom stereocenters. The van der Waals surface area contributed by atoms with Crippen molar-refractivity contribution in [1.82, 2.24) is 5.32 Å². The summed E-state index contributed by atoms with van der Waals surface area (Å²) in [4.78, 5) is 28.1. The van der Waals surface area contributed by atoms with Crippen LogP contribution in [-0.4, -0.2) is 37.6 Å². The molecule has 4 aromatic rings. The summed E-state index contributed by atoms with van der Waals surface area (Å²) in [5.41, 5.74) is 5.27. The van der Waals surface area contributed by atoms with Gasteiger partial charge in [-0.2, -0.15) is 0 Å². The number of nitrogens with zero attached hydrogens (tertiary/aromatic N) is 1. The van der Waals surface area contributed by atoms with Crippen molar-refractivity contribution in [2.24, 2.45) is 0 Å². The Bertz CT molecular complexity index is 1390. The van der Waals surface area contributed by atoms with Gasteiger partial charge >= 0.3 is 5.97 Å². The Labute approximate surface area is 229 Å². The highest BCUT2D eigenvalue weighted by Gasteiger charge is 2.29. The van der Waals surface area contributed by atoms with Crippen LogP contribution in [0.15, 0.2) is 109 Å². The van der Waals surface area contributed by atoms with E-state index in [1.807, 2.05) is 116 Å². The van der Waals surface area contributed by atoms with Gasteiger partial charge in [0.25, 0.3) is 5.91 Å². The average molecular weight is 520 g/mol. The topological polar surface area (TPSA) is 70.7 Å². The van der Waals surface area contributed by atoms with Crippen molar-refractivity contribution >= 4 is 23.3 Å². The summed E-state index contributed by atoms with van der Waals surface area (Å²) in [6.45, 7) is 3.82. The molecule has 39 heavy (non-hydrogen) atoms. The largest absolute Gasteiger partial charge is 0.465 e. The number of benzene rings is 4. The number of carbonyl (C=O) groups excluding carboxylic acids is 2. The molecule has 0 spiro atoms. The first-order valence-electron chi connectivity index (χ1n) is 13.4. The summed E-state index contributed by atoms with van der Waals surface area (Å²) in [6.07, 6.45) is 0.914. The van der Waals surface area contributed by atoms with Gasteiger partial charge < -0.3 is 15.0 Å². The van der Waals surface area contributed by atoms with Gasteiger partial charge in [-0.1, -0.05) is 78.9 Å². The molecule has 5 rings (SSSR count). The lowest BCUT2D eigenvalue weighted by Crippen LogP contribution is -2.39. The minimum Gasteiger partial charge on any atom is -0.465 e. The van der Waals surface area contributed by atoms with Crippen LogP contribution in [0.4, 0.5) is 11.4 Å². The van der Waals surface area contributed by atoms with E-state index in [1.165, 1.54) is 0 Å². The van der Waals surface area contributed by atoms with E-state index in [1.54, 1.807) is 0 Å². The summed E-state index contributed by atoms with van der Waals surface area (Å²) >= 11 is 0. The van der Waals surface area contributed by atoms with Crippen LogP contribution in [-0.2, 0) is 9.53 Å². The van der Waals surface area contributed by atoms with Crippen LogP contribution >= 0.6 is 0 Å². The molecule has 0 saturated carbocycles. The molecule has 0 radical (unpaired) electrons. The van der Waals surface area contributed by atoms with Gasteiger partial charge in [0.05, 0.1) is 6.61 Å². The third-order valence-electron chi connectivity index (χ3n) is 6.99. The molecule has 6 heteroatoms. The zero-order chi connectivity index (χ0) is 27.0. The van der Waals surface area contributed by atoms with E-state index < -0.39 is 6.04 Å². The highest BCUT2D eigenvalue weighted by atomic mass is 16.5. The third-order valence-corrected chi connectivity index (χ3v) is 6.99. The molecule has 0 bridgehead atoms. The van der Waals surface area contributed by atoms with Crippen LogP contribution in [0.5, 0.6) is 0 Å². The highest BCUT2D eigenvalue weighted by Crippen LogP contribution is 2.27. The number of hydrogen-bond donors (Lipinski definition) is 2. The Morgan fingerprint density at radius 3 is 2.26 bits per heavy atom. The van der Waals surface area contributed by atoms with E-state index in [2.05, 4.69) is 15.5 Å². The van der Waals surface area contributed by atoms with Crippen molar-refractivity contribution in [2.75, 3.05) is 29.9 Å². The number of nitrogens with one attached hydrogen (secondary N) is 2. The number of rotatable bonds is 9. The number of carbonyl (C=O) groups is 2. The summed E-state index contributed by atoms with van der Waals surface area (Å²) in [5.74, 6) is -0.394. The highest BCUT2D eigenvalue weighted by molar-refractivity contribution is 6.08. The van der Waals surface area contributed by atoms with E-state index in [0.29, 0.717) is 12.2 Å². The van der Waals surface area contributed by atoms with Crippen LogP contribution in [0.2, 0.25) is 0 Å². The molecular weight excluding hydrogens is 486 g/mol. The molecule has 1 aliphatic rings. The van der Waals surface area contributed by atoms with Crippen LogP contribution in [0, 0.1) is 0 Å². The predicted octanol–water partition coefficient (Wildman–Crippen LogP) is 6.08. The smallest absolute Gasteiger partial charge is 0.327 e. The number of amides is 1. The molecule has 1 saturated heterocycles. The first kappa shape index (κ1) is 26.2. The maximum atomic E-state index is 13.1. The van der Waals surface area contributed by atoms with Crippen LogP contribution in [0.25, 0.3) is 11.1 Å². The van der Waals surface area contributed by atoms with Gasteiger partial charge in [-0.3, -0.25) is 10.1 Å². The molecule has 2 unspecified atom stereocenters. The Balaban J connectivity index is 1.22. The lowest BCUT2D eigenvalue weighted by molar-refractivity contribution is -0.146. The molecule has 6 nitrogen and oxygen atoms in total. The number of anilines is 2. The minimum absolute atomic E-state index is 0.140. The average Bonchev–Trinajstić information content (AvgIpc) is 3.46. The van der Waals surface area contributed by atoms with Crippen molar-refractivity contribution in [3.05, 3.63) is 120 Å². The van der Waals surface area contributed by atoms with Crippen molar-refractivity contribution in [3.63, 3.8) is 0 Å². The van der Waals surface area contributed by atoms with Gasteiger partial charge in [0.2, 0.25) is 0 Å². The molecule has 198 valence electrons. The number of esters is 1. The van der Waals surface area contributed by atoms with Gasteiger partial charge in [-0.05, 0) is 60.4 Å². The van der Waals surface area contributed by atoms with Gasteiger partial charge in [-0.15, -0.1) is 0 Å². The molecule has 0 aliphatic carbocycles. The Hall–Kier alpha value is -4.42. The quantitative estimate of drug-likeness (QED) is 0.262. The van der Waals surface area contributed by atoms with Crippen molar-refractivity contribution in [2.45, 2.75) is 25.4 Å². The molecular formula is C33H33N3O3. The van der Waals surface area contributed by atoms with Crippen LogP contribution < -0.4 is 15.5 Å². The van der Waals surface area contributed by atoms with E-state index >= 15 is 0 Å². The molecule has 1 amide bonds. The fourth-order valence-corrected chi connectivity index (χ4v) is 5.04. The molecule has 1 aliphatic heterocycles. The minimum atomic E-state index is -0.493. The van der Waals surface area contributed by atoms with Gasteiger partial charge in [0.15, 0.2) is 0 Å². The molecule has 2 N–H and O–H groups in total. The SMILES string of the molecule is CCOC(=O)C(NC1CCN(c2ccc(NC(=O)c3ccccc3-c3ccccc3)cc2)C1)c1ccccc1. The Kier molecular flexibility index (Phi) is 8.34. The normalized spacial score (nSPS) is 15.5. The van der Waals surface area contributed by atoms with Crippen molar-refractivity contribution in [3.8, 4) is 11.1 Å². The third kappa shape index (κ3) is 6.36. The molecule has 1 fully saturated rings. The van der Waals surface area contributed by atoms with E-state index in [9.17, 15) is 9.59 Å². The van der Waals surface area contributed by atoms with E-state index in [4.69, 9.17) is 4.74 Å². The van der Waals surface area contributed by atoms with Gasteiger partial charge in [0.1, 0.15) is 6.04 Å². The molecule has 0 aromatic heterocycles. The summed E-state index contributed by atoms with van der Waals surface area (Å²) in [7, 11) is 0. The zero-order valence-corrected chi connectivity index (χ0v) is 22.0. The molecule has 1 heterocycles. The van der Waals surface area contributed by atoms with Gasteiger partial charge in [-0.25, -0.2) is 4.79 Å². The summed E-state index contributed by atoms with van der Waals surface area (Å²) in [6, 6.07) is 34.9. The second kappa shape index (κ2) is 12.4. The summed E-state index contributed by atoms with van der Waals surface area (Å²) in [5, 5.41) is 6.56. The standard InChI is InChI=1S/C33H33N3O3/c1-2-39-33(38)31(25-13-7-4-8-14-25)34-27-21-22-36(23-27)28-19-17-26(18-20-28)35-32(37)30-16-10-9-15-29(30)24-11-5-3-6-12-24/h3-20,27,31,34H,2,21-23H2,1H3,(H,35,37). The maximum absolute atomic E-state index is 13.1. The summed E-state index contributed by atoms with van der Waals surface area (Å²) < 4.78 is 5.34. The van der Waals surface area contributed by atoms with E-state index in [-0.39, 0.29) is 17.9 Å². The monoisotopic (exact) mass is 519 g/mol. The van der Waals surface area contributed by atoms with Crippen LogP contribution in [0.1, 0.15) is 35.3 Å². The lowest BCUT2D eigenvalue weighted by Gasteiger charge is -2.23. The first-order chi connectivity index (χ1) is 19.1. The predicted molar refractivity (Wildman–Crippen MR) is 156 cm³/mol.